The first-order valence-corrected chi connectivity index (χ1v) is 5.51. The highest BCUT2D eigenvalue weighted by Gasteiger charge is 2.06. The fourth-order valence-electron chi connectivity index (χ4n) is 1.18. The number of halogens is 1. The highest BCUT2D eigenvalue weighted by molar-refractivity contribution is 9.10. The lowest BCUT2D eigenvalue weighted by molar-refractivity contribution is 0.274. The van der Waals surface area contributed by atoms with Crippen molar-refractivity contribution in [2.75, 3.05) is 6.54 Å². The van der Waals surface area contributed by atoms with Crippen LogP contribution in [0.15, 0.2) is 22.7 Å². The van der Waals surface area contributed by atoms with Crippen molar-refractivity contribution in [1.29, 1.82) is 5.26 Å². The Morgan fingerprint density at radius 2 is 2.33 bits per heavy atom. The van der Waals surface area contributed by atoms with Crippen LogP contribution in [0.25, 0.3) is 0 Å². The van der Waals surface area contributed by atoms with Crippen molar-refractivity contribution >= 4 is 15.9 Å². The minimum absolute atomic E-state index is 0.443. The number of hydrogen-bond acceptors (Lipinski definition) is 3. The van der Waals surface area contributed by atoms with Gasteiger partial charge in [0.2, 0.25) is 0 Å². The van der Waals surface area contributed by atoms with E-state index in [1.165, 1.54) is 0 Å². The predicted octanol–water partition coefficient (Wildman–Crippen LogP) is 2.24. The van der Waals surface area contributed by atoms with Crippen molar-refractivity contribution in [1.82, 2.24) is 0 Å². The second kappa shape index (κ2) is 5.74. The summed E-state index contributed by atoms with van der Waals surface area (Å²) in [5, 5.41) is 8.62. The van der Waals surface area contributed by atoms with Gasteiger partial charge in [0.1, 0.15) is 11.8 Å². The van der Waals surface area contributed by atoms with E-state index in [1.807, 2.05) is 24.3 Å². The number of hydrogen-bond donors (Lipinski definition) is 1. The maximum Gasteiger partial charge on any atom is 0.181 e. The Hall–Kier alpha value is -1.05. The largest absolute Gasteiger partial charge is 0.475 e. The SMILES string of the molecule is CC(C#N)Oc1ccc(CCN)cc1Br. The summed E-state index contributed by atoms with van der Waals surface area (Å²) in [6.07, 6.45) is 0.397. The third-order valence-electron chi connectivity index (χ3n) is 1.91. The van der Waals surface area contributed by atoms with Gasteiger partial charge in [-0.05, 0) is 53.5 Å². The molecule has 0 saturated heterocycles. The first-order chi connectivity index (χ1) is 7.17. The number of nitrogens with zero attached hydrogens (tertiary/aromatic N) is 1. The summed E-state index contributed by atoms with van der Waals surface area (Å²) in [5.74, 6) is 0.685. The van der Waals surface area contributed by atoms with Crippen molar-refractivity contribution in [3.63, 3.8) is 0 Å². The van der Waals surface area contributed by atoms with Gasteiger partial charge in [-0.1, -0.05) is 6.07 Å². The highest BCUT2D eigenvalue weighted by atomic mass is 79.9. The lowest BCUT2D eigenvalue weighted by atomic mass is 10.1. The molecule has 0 saturated carbocycles. The molecular weight excluding hydrogens is 256 g/mol. The van der Waals surface area contributed by atoms with Gasteiger partial charge < -0.3 is 10.5 Å². The van der Waals surface area contributed by atoms with Gasteiger partial charge in [0.15, 0.2) is 6.10 Å². The maximum absolute atomic E-state index is 8.62. The Bertz CT molecular complexity index is 373. The van der Waals surface area contributed by atoms with Crippen LogP contribution in [0.5, 0.6) is 5.75 Å². The Kier molecular flexibility index (Phi) is 4.60. The molecule has 0 aliphatic carbocycles. The molecule has 0 aliphatic heterocycles. The van der Waals surface area contributed by atoms with E-state index in [1.54, 1.807) is 6.92 Å². The van der Waals surface area contributed by atoms with E-state index in [-0.39, 0.29) is 0 Å². The van der Waals surface area contributed by atoms with Crippen molar-refractivity contribution in [2.24, 2.45) is 5.73 Å². The third kappa shape index (κ3) is 3.54. The average Bonchev–Trinajstić information content (AvgIpc) is 2.22. The lowest BCUT2D eigenvalue weighted by Crippen LogP contribution is -2.09. The minimum Gasteiger partial charge on any atom is -0.475 e. The summed E-state index contributed by atoms with van der Waals surface area (Å²) >= 11 is 3.40. The summed E-state index contributed by atoms with van der Waals surface area (Å²) in [7, 11) is 0. The molecule has 1 unspecified atom stereocenters. The molecular formula is C11H13BrN2O. The van der Waals surface area contributed by atoms with Gasteiger partial charge >= 0.3 is 0 Å². The van der Waals surface area contributed by atoms with E-state index < -0.39 is 6.10 Å². The summed E-state index contributed by atoms with van der Waals surface area (Å²) < 4.78 is 6.25. The molecule has 1 rings (SSSR count). The van der Waals surface area contributed by atoms with E-state index in [9.17, 15) is 0 Å². The topological polar surface area (TPSA) is 59.0 Å². The minimum atomic E-state index is -0.443. The first-order valence-electron chi connectivity index (χ1n) is 4.72. The molecule has 1 aromatic carbocycles. The van der Waals surface area contributed by atoms with Crippen LogP contribution in [0.4, 0.5) is 0 Å². The number of benzene rings is 1. The summed E-state index contributed by atoms with van der Waals surface area (Å²) in [6.45, 7) is 2.33. The third-order valence-corrected chi connectivity index (χ3v) is 2.53. The zero-order valence-electron chi connectivity index (χ0n) is 8.53. The van der Waals surface area contributed by atoms with Crippen LogP contribution >= 0.6 is 15.9 Å². The summed E-state index contributed by atoms with van der Waals surface area (Å²) in [6, 6.07) is 7.79. The molecule has 0 fully saturated rings. The van der Waals surface area contributed by atoms with Gasteiger partial charge in [0, 0.05) is 0 Å². The van der Waals surface area contributed by atoms with Crippen LogP contribution < -0.4 is 10.5 Å². The number of nitrogens with two attached hydrogens (primary N) is 1. The zero-order chi connectivity index (χ0) is 11.3. The van der Waals surface area contributed by atoms with Crippen LogP contribution in [-0.4, -0.2) is 12.6 Å². The molecule has 0 heterocycles. The predicted molar refractivity (Wildman–Crippen MR) is 62.6 cm³/mol. The molecule has 0 amide bonds. The second-order valence-electron chi connectivity index (χ2n) is 3.19. The molecule has 4 heteroatoms. The molecule has 0 aliphatic rings. The molecule has 1 aromatic rings. The monoisotopic (exact) mass is 268 g/mol. The Labute approximate surface area is 98.0 Å². The Morgan fingerprint density at radius 1 is 1.60 bits per heavy atom. The van der Waals surface area contributed by atoms with Gasteiger partial charge in [-0.3, -0.25) is 0 Å². The van der Waals surface area contributed by atoms with Gasteiger partial charge in [-0.25, -0.2) is 0 Å². The van der Waals surface area contributed by atoms with Gasteiger partial charge in [0.05, 0.1) is 4.47 Å². The fourth-order valence-corrected chi connectivity index (χ4v) is 1.70. The van der Waals surface area contributed by atoms with Crippen molar-refractivity contribution in [3.05, 3.63) is 28.2 Å². The van der Waals surface area contributed by atoms with Crippen LogP contribution in [0, 0.1) is 11.3 Å². The maximum atomic E-state index is 8.62. The Balaban J connectivity index is 2.80. The highest BCUT2D eigenvalue weighted by Crippen LogP contribution is 2.26. The van der Waals surface area contributed by atoms with E-state index in [0.29, 0.717) is 12.3 Å². The molecule has 80 valence electrons. The zero-order valence-corrected chi connectivity index (χ0v) is 10.1. The second-order valence-corrected chi connectivity index (χ2v) is 4.05. The van der Waals surface area contributed by atoms with Crippen LogP contribution in [0.1, 0.15) is 12.5 Å². The molecule has 1 atom stereocenters. The van der Waals surface area contributed by atoms with Crippen molar-refractivity contribution in [3.8, 4) is 11.8 Å². The molecule has 0 spiro atoms. The normalized spacial score (nSPS) is 11.9. The summed E-state index contributed by atoms with van der Waals surface area (Å²) in [4.78, 5) is 0. The molecule has 0 bridgehead atoms. The van der Waals surface area contributed by atoms with Crippen molar-refractivity contribution < 1.29 is 4.74 Å². The van der Waals surface area contributed by atoms with Crippen molar-refractivity contribution in [2.45, 2.75) is 19.4 Å². The average molecular weight is 269 g/mol. The molecule has 3 nitrogen and oxygen atoms in total. The van der Waals surface area contributed by atoms with Gasteiger partial charge in [0.25, 0.3) is 0 Å². The van der Waals surface area contributed by atoms with E-state index in [0.717, 1.165) is 16.5 Å². The quantitative estimate of drug-likeness (QED) is 0.911. The number of rotatable bonds is 4. The lowest BCUT2D eigenvalue weighted by Gasteiger charge is -2.10. The van der Waals surface area contributed by atoms with E-state index >= 15 is 0 Å². The first kappa shape index (κ1) is 12.0. The van der Waals surface area contributed by atoms with Crippen LogP contribution in [-0.2, 0) is 6.42 Å². The number of ether oxygens (including phenoxy) is 1. The molecule has 2 N–H and O–H groups in total. The standard InChI is InChI=1S/C11H13BrN2O/c1-8(7-14)15-11-3-2-9(4-5-13)6-10(11)12/h2-3,6,8H,4-5,13H2,1H3. The van der Waals surface area contributed by atoms with Crippen LogP contribution in [0.2, 0.25) is 0 Å². The van der Waals surface area contributed by atoms with Crippen LogP contribution in [0.3, 0.4) is 0 Å². The van der Waals surface area contributed by atoms with Gasteiger partial charge in [-0.2, -0.15) is 5.26 Å². The smallest absolute Gasteiger partial charge is 0.181 e. The molecule has 15 heavy (non-hydrogen) atoms. The fraction of sp³-hybridized carbons (Fsp3) is 0.364. The Morgan fingerprint density at radius 3 is 2.87 bits per heavy atom. The van der Waals surface area contributed by atoms with E-state index in [4.69, 9.17) is 15.7 Å². The van der Waals surface area contributed by atoms with E-state index in [2.05, 4.69) is 15.9 Å². The summed E-state index contributed by atoms with van der Waals surface area (Å²) in [5.41, 5.74) is 6.62. The molecule has 0 radical (unpaired) electrons. The number of nitriles is 1. The molecule has 0 aromatic heterocycles. The van der Waals surface area contributed by atoms with Gasteiger partial charge in [-0.15, -0.1) is 0 Å².